The van der Waals surface area contributed by atoms with E-state index in [0.717, 1.165) is 0 Å². The van der Waals surface area contributed by atoms with E-state index in [1.54, 1.807) is 63.2 Å². The van der Waals surface area contributed by atoms with Crippen LogP contribution in [-0.2, 0) is 25.5 Å². The lowest BCUT2D eigenvalue weighted by Crippen LogP contribution is -2.50. The van der Waals surface area contributed by atoms with Crippen molar-refractivity contribution in [3.8, 4) is 0 Å². The number of aliphatic carboxylic acids is 1. The van der Waals surface area contributed by atoms with Crippen molar-refractivity contribution in [3.05, 3.63) is 63.6 Å². The van der Waals surface area contributed by atoms with Gasteiger partial charge in [0.1, 0.15) is 11.6 Å². The summed E-state index contributed by atoms with van der Waals surface area (Å²) in [5.41, 5.74) is -1.05. The highest BCUT2D eigenvalue weighted by atomic mass is 35.5. The molecular formula is C30H36Cl2N2O6. The summed E-state index contributed by atoms with van der Waals surface area (Å²) in [7, 11) is 0. The van der Waals surface area contributed by atoms with Gasteiger partial charge in [0.25, 0.3) is 5.91 Å². The van der Waals surface area contributed by atoms with Gasteiger partial charge in [-0.1, -0.05) is 55.2 Å². The number of hydrogen-bond acceptors (Lipinski definition) is 5. The van der Waals surface area contributed by atoms with E-state index in [4.69, 9.17) is 27.9 Å². The number of halogens is 2. The standard InChI is InChI=1S/C30H36Cl2N2O6/c1-28(2,3)40-27(39)30(6)15-14-19(29(30,4)5)24(35)34-22(26(37)38)16-17-10-12-18(13-11-17)33-25(36)23-20(31)8-7-9-21(23)32/h7-13,19,22H,14-16H2,1-6H3,(H,33,36)(H,34,35)(H,37,38)/t19?,22-,30?/m0/s1. The van der Waals surface area contributed by atoms with Crippen LogP contribution < -0.4 is 10.6 Å². The molecule has 1 aliphatic rings. The normalized spacial score (nSPS) is 20.9. The Bertz CT molecular complexity index is 1280. The zero-order chi connectivity index (χ0) is 30.0. The molecule has 0 heterocycles. The Morgan fingerprint density at radius 2 is 1.60 bits per heavy atom. The number of hydrogen-bond donors (Lipinski definition) is 3. The highest BCUT2D eigenvalue weighted by molar-refractivity contribution is 6.40. The van der Waals surface area contributed by atoms with Crippen LogP contribution in [0, 0.1) is 16.7 Å². The van der Waals surface area contributed by atoms with Gasteiger partial charge < -0.3 is 20.5 Å². The number of carbonyl (C=O) groups is 4. The van der Waals surface area contributed by atoms with Gasteiger partial charge in [-0.25, -0.2) is 4.79 Å². The number of rotatable bonds is 8. The quantitative estimate of drug-likeness (QED) is 0.317. The van der Waals surface area contributed by atoms with E-state index in [2.05, 4.69) is 10.6 Å². The molecule has 1 saturated carbocycles. The van der Waals surface area contributed by atoms with Gasteiger partial charge in [0.05, 0.1) is 21.0 Å². The largest absolute Gasteiger partial charge is 0.480 e. The summed E-state index contributed by atoms with van der Waals surface area (Å²) in [4.78, 5) is 51.1. The van der Waals surface area contributed by atoms with Crippen molar-refractivity contribution >= 4 is 52.6 Å². The number of carboxylic acids is 1. The third kappa shape index (κ3) is 6.78. The van der Waals surface area contributed by atoms with Crippen molar-refractivity contribution in [2.75, 3.05) is 5.32 Å². The number of carboxylic acid groups (broad SMARTS) is 1. The van der Waals surface area contributed by atoms with Crippen LogP contribution in [0.25, 0.3) is 0 Å². The van der Waals surface area contributed by atoms with Crippen molar-refractivity contribution in [2.45, 2.75) is 72.4 Å². The van der Waals surface area contributed by atoms with Crippen molar-refractivity contribution in [3.63, 3.8) is 0 Å². The van der Waals surface area contributed by atoms with Crippen LogP contribution in [0.3, 0.4) is 0 Å². The first-order chi connectivity index (χ1) is 18.5. The molecular weight excluding hydrogens is 555 g/mol. The van der Waals surface area contributed by atoms with Crippen LogP contribution >= 0.6 is 23.2 Å². The number of esters is 1. The predicted molar refractivity (Wildman–Crippen MR) is 155 cm³/mol. The Kier molecular flexibility index (Phi) is 9.26. The third-order valence-electron chi connectivity index (χ3n) is 7.85. The van der Waals surface area contributed by atoms with Gasteiger partial charge in [-0.2, -0.15) is 0 Å². The molecule has 0 aliphatic heterocycles. The van der Waals surface area contributed by atoms with Gasteiger partial charge in [0.2, 0.25) is 5.91 Å². The predicted octanol–water partition coefficient (Wildman–Crippen LogP) is 6.14. The molecule has 1 fully saturated rings. The van der Waals surface area contributed by atoms with Crippen LogP contribution in [-0.4, -0.2) is 40.5 Å². The maximum atomic E-state index is 13.3. The summed E-state index contributed by atoms with van der Waals surface area (Å²) in [6.07, 6.45) is 0.921. The van der Waals surface area contributed by atoms with E-state index >= 15 is 0 Å². The van der Waals surface area contributed by atoms with Crippen molar-refractivity contribution in [1.82, 2.24) is 5.32 Å². The molecule has 0 aromatic heterocycles. The van der Waals surface area contributed by atoms with E-state index in [1.165, 1.54) is 0 Å². The number of nitrogens with one attached hydrogen (secondary N) is 2. The maximum Gasteiger partial charge on any atom is 0.326 e. The molecule has 8 nitrogen and oxygen atoms in total. The van der Waals surface area contributed by atoms with E-state index < -0.39 is 46.2 Å². The first-order valence-corrected chi connectivity index (χ1v) is 13.8. The molecule has 10 heteroatoms. The third-order valence-corrected chi connectivity index (χ3v) is 8.48. The fraction of sp³-hybridized carbons (Fsp3) is 0.467. The Hall–Kier alpha value is -3.10. The molecule has 1 aliphatic carbocycles. The smallest absolute Gasteiger partial charge is 0.326 e. The summed E-state index contributed by atoms with van der Waals surface area (Å²) < 4.78 is 5.65. The summed E-state index contributed by atoms with van der Waals surface area (Å²) in [5, 5.41) is 15.7. The Balaban J connectivity index is 1.68. The lowest BCUT2D eigenvalue weighted by molar-refractivity contribution is -0.173. The zero-order valence-electron chi connectivity index (χ0n) is 23.6. The lowest BCUT2D eigenvalue weighted by Gasteiger charge is -2.40. The SMILES string of the molecule is CC(C)(C)OC(=O)C1(C)CCC(C(=O)N[C@@H](Cc2ccc(NC(=O)c3c(Cl)cccc3Cl)cc2)C(=O)O)C1(C)C. The van der Waals surface area contributed by atoms with Crippen molar-refractivity contribution in [1.29, 1.82) is 0 Å². The minimum Gasteiger partial charge on any atom is -0.480 e. The second-order valence-corrected chi connectivity index (χ2v) is 12.8. The van der Waals surface area contributed by atoms with Gasteiger partial charge in [-0.05, 0) is 75.8 Å². The molecule has 0 bridgehead atoms. The summed E-state index contributed by atoms with van der Waals surface area (Å²) >= 11 is 12.2. The highest BCUT2D eigenvalue weighted by Gasteiger charge is 2.59. The summed E-state index contributed by atoms with van der Waals surface area (Å²) in [5.74, 6) is -2.99. The van der Waals surface area contributed by atoms with Crippen molar-refractivity contribution in [2.24, 2.45) is 16.7 Å². The van der Waals surface area contributed by atoms with Crippen LogP contribution in [0.2, 0.25) is 10.0 Å². The Morgan fingerprint density at radius 3 is 2.12 bits per heavy atom. The fourth-order valence-electron chi connectivity index (χ4n) is 5.06. The van der Waals surface area contributed by atoms with Gasteiger partial charge in [-0.15, -0.1) is 0 Å². The van der Waals surface area contributed by atoms with Gasteiger partial charge in [-0.3, -0.25) is 14.4 Å². The van der Waals surface area contributed by atoms with E-state index in [0.29, 0.717) is 24.1 Å². The summed E-state index contributed by atoms with van der Waals surface area (Å²) in [6.45, 7) is 10.9. The lowest BCUT2D eigenvalue weighted by atomic mass is 9.65. The molecule has 2 amide bonds. The number of anilines is 1. The molecule has 2 aromatic carbocycles. The van der Waals surface area contributed by atoms with Crippen LogP contribution in [0.4, 0.5) is 5.69 Å². The fourth-order valence-corrected chi connectivity index (χ4v) is 5.62. The van der Waals surface area contributed by atoms with E-state index in [-0.39, 0.29) is 28.0 Å². The molecule has 0 saturated heterocycles. The zero-order valence-corrected chi connectivity index (χ0v) is 25.1. The highest BCUT2D eigenvalue weighted by Crippen LogP contribution is 2.57. The molecule has 0 radical (unpaired) electrons. The first kappa shape index (κ1) is 31.4. The monoisotopic (exact) mass is 590 g/mol. The second kappa shape index (κ2) is 11.8. The molecule has 2 aromatic rings. The number of benzene rings is 2. The average molecular weight is 592 g/mol. The topological polar surface area (TPSA) is 122 Å². The van der Waals surface area contributed by atoms with E-state index in [1.807, 2.05) is 20.8 Å². The first-order valence-electron chi connectivity index (χ1n) is 13.1. The van der Waals surface area contributed by atoms with Crippen LogP contribution in [0.15, 0.2) is 42.5 Å². The van der Waals surface area contributed by atoms with E-state index in [9.17, 15) is 24.3 Å². The molecule has 3 N–H and O–H groups in total. The van der Waals surface area contributed by atoms with Crippen molar-refractivity contribution < 1.29 is 29.0 Å². The van der Waals surface area contributed by atoms with Gasteiger partial charge in [0.15, 0.2) is 0 Å². The number of amides is 2. The molecule has 216 valence electrons. The number of carbonyl (C=O) groups excluding carboxylic acids is 3. The average Bonchev–Trinajstić information content (AvgIpc) is 3.08. The molecule has 3 rings (SSSR count). The molecule has 40 heavy (non-hydrogen) atoms. The molecule has 0 spiro atoms. The maximum absolute atomic E-state index is 13.3. The van der Waals surface area contributed by atoms with Crippen LogP contribution in [0.5, 0.6) is 0 Å². The Labute approximate surface area is 244 Å². The Morgan fingerprint density at radius 1 is 1.02 bits per heavy atom. The minimum atomic E-state index is -1.18. The van der Waals surface area contributed by atoms with Crippen LogP contribution in [0.1, 0.15) is 70.3 Å². The van der Waals surface area contributed by atoms with Gasteiger partial charge >= 0.3 is 11.9 Å². The minimum absolute atomic E-state index is 0.0299. The summed E-state index contributed by atoms with van der Waals surface area (Å²) in [6, 6.07) is 10.2. The second-order valence-electron chi connectivity index (χ2n) is 12.0. The number of ether oxygens (including phenoxy) is 1. The van der Waals surface area contributed by atoms with Gasteiger partial charge in [0, 0.05) is 18.0 Å². The molecule has 3 atom stereocenters. The molecule has 2 unspecified atom stereocenters.